The lowest BCUT2D eigenvalue weighted by Gasteiger charge is -2.09. The van der Waals surface area contributed by atoms with Gasteiger partial charge in [0, 0.05) is 8.95 Å². The van der Waals surface area contributed by atoms with E-state index in [0.717, 1.165) is 6.07 Å². The third-order valence-corrected chi connectivity index (χ3v) is 3.93. The summed E-state index contributed by atoms with van der Waals surface area (Å²) in [5, 5.41) is 0. The largest absolute Gasteiger partial charge is 0.270 e. The number of hydrogen-bond acceptors (Lipinski definition) is 2. The average molecular weight is 416 g/mol. The van der Waals surface area contributed by atoms with Gasteiger partial charge in [0.25, 0.3) is 11.8 Å². The lowest BCUT2D eigenvalue weighted by atomic mass is 10.2. The molecule has 4 nitrogen and oxygen atoms in total. The van der Waals surface area contributed by atoms with Crippen LogP contribution in [0.25, 0.3) is 0 Å². The van der Waals surface area contributed by atoms with Crippen LogP contribution in [0.2, 0.25) is 0 Å². The van der Waals surface area contributed by atoms with E-state index in [1.54, 1.807) is 24.3 Å². The minimum atomic E-state index is -0.553. The normalized spacial score (nSPS) is 10.0. The van der Waals surface area contributed by atoms with Gasteiger partial charge < -0.3 is 0 Å². The zero-order valence-electron chi connectivity index (χ0n) is 10.5. The maximum atomic E-state index is 13.0. The molecule has 0 aromatic heterocycles. The van der Waals surface area contributed by atoms with Gasteiger partial charge in [0.15, 0.2) is 0 Å². The van der Waals surface area contributed by atoms with Gasteiger partial charge in [-0.25, -0.2) is 4.39 Å². The van der Waals surface area contributed by atoms with Gasteiger partial charge >= 0.3 is 0 Å². The van der Waals surface area contributed by atoms with Crippen molar-refractivity contribution in [1.29, 1.82) is 0 Å². The lowest BCUT2D eigenvalue weighted by molar-refractivity contribution is 0.0846. The third-order valence-electron chi connectivity index (χ3n) is 2.58. The maximum absolute atomic E-state index is 13.0. The van der Waals surface area contributed by atoms with Crippen LogP contribution in [0.5, 0.6) is 0 Å². The van der Waals surface area contributed by atoms with Crippen LogP contribution in [0.4, 0.5) is 4.39 Å². The van der Waals surface area contributed by atoms with Crippen molar-refractivity contribution in [2.24, 2.45) is 0 Å². The zero-order chi connectivity index (χ0) is 15.4. The number of hydrogen-bond donors (Lipinski definition) is 2. The molecule has 2 N–H and O–H groups in total. The van der Waals surface area contributed by atoms with E-state index in [-0.39, 0.29) is 5.56 Å². The Labute approximate surface area is 137 Å². The number of carbonyl (C=O) groups is 2. The summed E-state index contributed by atoms with van der Waals surface area (Å²) < 4.78 is 13.9. The molecular formula is C14H9Br2FN2O2. The van der Waals surface area contributed by atoms with Crippen LogP contribution in [0.15, 0.2) is 51.4 Å². The van der Waals surface area contributed by atoms with E-state index in [1.807, 2.05) is 0 Å². The fraction of sp³-hybridized carbons (Fsp3) is 0. The predicted molar refractivity (Wildman–Crippen MR) is 83.2 cm³/mol. The van der Waals surface area contributed by atoms with Gasteiger partial charge in [-0.05, 0) is 62.2 Å². The number of amides is 2. The van der Waals surface area contributed by atoms with E-state index in [4.69, 9.17) is 0 Å². The fourth-order valence-electron chi connectivity index (χ4n) is 1.57. The van der Waals surface area contributed by atoms with E-state index in [1.165, 1.54) is 12.1 Å². The molecule has 0 spiro atoms. The Morgan fingerprint density at radius 2 is 1.43 bits per heavy atom. The van der Waals surface area contributed by atoms with Crippen LogP contribution in [0, 0.1) is 5.82 Å². The van der Waals surface area contributed by atoms with Crippen molar-refractivity contribution < 1.29 is 14.0 Å². The Hall–Kier alpha value is -1.73. The van der Waals surface area contributed by atoms with Gasteiger partial charge in [-0.2, -0.15) is 0 Å². The summed E-state index contributed by atoms with van der Waals surface area (Å²) in [4.78, 5) is 23.8. The van der Waals surface area contributed by atoms with Crippen LogP contribution < -0.4 is 10.9 Å². The monoisotopic (exact) mass is 414 g/mol. The first-order valence-corrected chi connectivity index (χ1v) is 7.38. The Bertz CT molecular complexity index is 707. The van der Waals surface area contributed by atoms with Crippen LogP contribution in [0.3, 0.4) is 0 Å². The Balaban J connectivity index is 2.04. The topological polar surface area (TPSA) is 58.2 Å². The Morgan fingerprint density at radius 3 is 2.00 bits per heavy atom. The van der Waals surface area contributed by atoms with Crippen molar-refractivity contribution in [3.63, 3.8) is 0 Å². The SMILES string of the molecule is O=C(NNC(=O)c1ccc(F)cc1Br)c1ccccc1Br. The van der Waals surface area contributed by atoms with Crippen LogP contribution in [-0.4, -0.2) is 11.8 Å². The molecule has 21 heavy (non-hydrogen) atoms. The van der Waals surface area contributed by atoms with Gasteiger partial charge in [-0.1, -0.05) is 12.1 Å². The van der Waals surface area contributed by atoms with Crippen molar-refractivity contribution in [3.8, 4) is 0 Å². The molecule has 2 aromatic rings. The molecule has 0 unspecified atom stereocenters. The number of halogens is 3. The molecule has 7 heteroatoms. The van der Waals surface area contributed by atoms with Crippen LogP contribution >= 0.6 is 31.9 Å². The highest BCUT2D eigenvalue weighted by Crippen LogP contribution is 2.18. The molecule has 2 amide bonds. The summed E-state index contributed by atoms with van der Waals surface area (Å²) >= 11 is 6.34. The fourth-order valence-corrected chi connectivity index (χ4v) is 2.56. The van der Waals surface area contributed by atoms with Gasteiger partial charge in [0.2, 0.25) is 0 Å². The molecule has 0 atom stereocenters. The minimum absolute atomic E-state index is 0.212. The number of rotatable bonds is 2. The van der Waals surface area contributed by atoms with E-state index in [0.29, 0.717) is 14.5 Å². The van der Waals surface area contributed by atoms with Gasteiger partial charge in [0.05, 0.1) is 11.1 Å². The second kappa shape index (κ2) is 6.82. The summed E-state index contributed by atoms with van der Waals surface area (Å²) in [6.45, 7) is 0. The third kappa shape index (κ3) is 3.89. The Kier molecular flexibility index (Phi) is 5.08. The van der Waals surface area contributed by atoms with E-state index in [2.05, 4.69) is 42.7 Å². The number of benzene rings is 2. The first-order chi connectivity index (χ1) is 9.99. The summed E-state index contributed by atoms with van der Waals surface area (Å²) in [5.74, 6) is -1.48. The van der Waals surface area contributed by atoms with E-state index >= 15 is 0 Å². The lowest BCUT2D eigenvalue weighted by Crippen LogP contribution is -2.41. The summed E-state index contributed by atoms with van der Waals surface area (Å²) in [6.07, 6.45) is 0. The highest BCUT2D eigenvalue weighted by atomic mass is 79.9. The maximum Gasteiger partial charge on any atom is 0.270 e. The van der Waals surface area contributed by atoms with Crippen molar-refractivity contribution in [3.05, 3.63) is 68.4 Å². The Morgan fingerprint density at radius 1 is 0.857 bits per heavy atom. The zero-order valence-corrected chi connectivity index (χ0v) is 13.7. The second-order valence-corrected chi connectivity index (χ2v) is 5.72. The molecule has 0 saturated heterocycles. The van der Waals surface area contributed by atoms with Crippen molar-refractivity contribution >= 4 is 43.7 Å². The molecule has 0 aliphatic heterocycles. The molecule has 0 saturated carbocycles. The van der Waals surface area contributed by atoms with Gasteiger partial charge in [-0.15, -0.1) is 0 Å². The molecule has 2 rings (SSSR count). The van der Waals surface area contributed by atoms with Crippen molar-refractivity contribution in [2.75, 3.05) is 0 Å². The highest BCUT2D eigenvalue weighted by molar-refractivity contribution is 9.10. The van der Waals surface area contributed by atoms with Crippen LogP contribution in [-0.2, 0) is 0 Å². The summed E-state index contributed by atoms with van der Waals surface area (Å²) in [7, 11) is 0. The smallest absolute Gasteiger partial charge is 0.267 e. The minimum Gasteiger partial charge on any atom is -0.267 e. The first-order valence-electron chi connectivity index (χ1n) is 5.79. The molecule has 0 fully saturated rings. The van der Waals surface area contributed by atoms with E-state index in [9.17, 15) is 14.0 Å². The molecule has 0 bridgehead atoms. The summed E-state index contributed by atoms with van der Waals surface area (Å²) in [5.41, 5.74) is 5.17. The molecule has 2 aromatic carbocycles. The molecular weight excluding hydrogens is 407 g/mol. The summed E-state index contributed by atoms with van der Waals surface area (Å²) in [6, 6.07) is 10.5. The van der Waals surface area contributed by atoms with Gasteiger partial charge in [0.1, 0.15) is 5.82 Å². The predicted octanol–water partition coefficient (Wildman–Crippen LogP) is 3.43. The molecule has 108 valence electrons. The number of carbonyl (C=O) groups excluding carboxylic acids is 2. The molecule has 0 radical (unpaired) electrons. The number of nitrogens with one attached hydrogen (secondary N) is 2. The molecule has 0 aliphatic carbocycles. The average Bonchev–Trinajstić information content (AvgIpc) is 2.45. The first kappa shape index (κ1) is 15.7. The van der Waals surface area contributed by atoms with Crippen LogP contribution in [0.1, 0.15) is 20.7 Å². The molecule has 0 heterocycles. The van der Waals surface area contributed by atoms with Gasteiger partial charge in [-0.3, -0.25) is 20.4 Å². The van der Waals surface area contributed by atoms with E-state index < -0.39 is 17.6 Å². The highest BCUT2D eigenvalue weighted by Gasteiger charge is 2.13. The number of hydrazine groups is 1. The van der Waals surface area contributed by atoms with Crippen molar-refractivity contribution in [2.45, 2.75) is 0 Å². The standard InChI is InChI=1S/C14H9Br2FN2O2/c15-11-4-2-1-3-9(11)13(20)18-19-14(21)10-6-5-8(17)7-12(10)16/h1-7H,(H,18,20)(H,19,21). The quantitative estimate of drug-likeness (QED) is 0.738. The van der Waals surface area contributed by atoms with Crippen molar-refractivity contribution in [1.82, 2.24) is 10.9 Å². The second-order valence-electron chi connectivity index (χ2n) is 4.01. The molecule has 0 aliphatic rings.